The molecular formula is C7H13FN2. The number of nitrogens with two attached hydrogens (primary N) is 1. The van der Waals surface area contributed by atoms with Crippen molar-refractivity contribution in [3.63, 3.8) is 0 Å². The molecule has 0 unspecified atom stereocenters. The van der Waals surface area contributed by atoms with E-state index in [4.69, 9.17) is 5.73 Å². The van der Waals surface area contributed by atoms with Crippen molar-refractivity contribution in [1.82, 2.24) is 4.90 Å². The van der Waals surface area contributed by atoms with Crippen molar-refractivity contribution in [3.8, 4) is 0 Å². The Morgan fingerprint density at radius 3 is 2.90 bits per heavy atom. The average molecular weight is 144 g/mol. The summed E-state index contributed by atoms with van der Waals surface area (Å²) in [5.41, 5.74) is 6.03. The molecule has 0 bridgehead atoms. The Hall–Kier alpha value is -0.410. The molecule has 2 N–H and O–H groups in total. The Bertz CT molecular complexity index is 154. The Balaban J connectivity index is 2.58. The van der Waals surface area contributed by atoms with Crippen LogP contribution >= 0.6 is 0 Å². The number of likely N-dealkylation sites (tertiary alicyclic amines) is 1. The van der Waals surface area contributed by atoms with Gasteiger partial charge in [0, 0.05) is 19.6 Å². The standard InChI is InChI=1S/C7H13FN2/c1-10-3-2-6(5-10)7(8)4-9/h2-5,9H2,1H3/b7-6+. The van der Waals surface area contributed by atoms with Crippen LogP contribution < -0.4 is 5.73 Å². The lowest BCUT2D eigenvalue weighted by atomic mass is 10.2. The van der Waals surface area contributed by atoms with Gasteiger partial charge in [-0.05, 0) is 19.0 Å². The highest BCUT2D eigenvalue weighted by Gasteiger charge is 2.15. The normalized spacial score (nSPS) is 25.5. The van der Waals surface area contributed by atoms with Crippen LogP contribution in [0.3, 0.4) is 0 Å². The van der Waals surface area contributed by atoms with Crippen LogP contribution in [0, 0.1) is 0 Å². The largest absolute Gasteiger partial charge is 0.325 e. The quantitative estimate of drug-likeness (QED) is 0.580. The van der Waals surface area contributed by atoms with Crippen molar-refractivity contribution in [3.05, 3.63) is 11.4 Å². The molecular weight excluding hydrogens is 131 g/mol. The lowest BCUT2D eigenvalue weighted by Crippen LogP contribution is -2.12. The number of likely N-dealkylation sites (N-methyl/N-ethyl adjacent to an activating group) is 1. The first-order valence-electron chi connectivity index (χ1n) is 3.49. The molecule has 0 aromatic rings. The Kier molecular flexibility index (Phi) is 2.40. The first kappa shape index (κ1) is 7.69. The minimum absolute atomic E-state index is 0.0587. The van der Waals surface area contributed by atoms with Crippen molar-refractivity contribution < 1.29 is 4.39 Å². The molecule has 1 fully saturated rings. The molecule has 1 heterocycles. The predicted octanol–water partition coefficient (Wildman–Crippen LogP) is 0.504. The van der Waals surface area contributed by atoms with Gasteiger partial charge in [-0.15, -0.1) is 0 Å². The van der Waals surface area contributed by atoms with E-state index in [9.17, 15) is 4.39 Å². The van der Waals surface area contributed by atoms with E-state index < -0.39 is 0 Å². The number of halogens is 1. The average Bonchev–Trinajstić information content (AvgIpc) is 2.34. The number of nitrogens with zero attached hydrogens (tertiary/aromatic N) is 1. The van der Waals surface area contributed by atoms with Gasteiger partial charge in [-0.3, -0.25) is 0 Å². The molecule has 1 rings (SSSR count). The summed E-state index contributed by atoms with van der Waals surface area (Å²) in [6.07, 6.45) is 0.847. The summed E-state index contributed by atoms with van der Waals surface area (Å²) in [7, 11) is 1.98. The van der Waals surface area contributed by atoms with E-state index >= 15 is 0 Å². The van der Waals surface area contributed by atoms with E-state index in [0.29, 0.717) is 0 Å². The zero-order valence-corrected chi connectivity index (χ0v) is 6.23. The van der Waals surface area contributed by atoms with Crippen LogP contribution in [0.4, 0.5) is 4.39 Å². The minimum Gasteiger partial charge on any atom is -0.325 e. The van der Waals surface area contributed by atoms with Gasteiger partial charge in [0.2, 0.25) is 0 Å². The van der Waals surface area contributed by atoms with Gasteiger partial charge in [0.05, 0.1) is 0 Å². The molecule has 0 saturated carbocycles. The van der Waals surface area contributed by atoms with Gasteiger partial charge in [0.15, 0.2) is 0 Å². The smallest absolute Gasteiger partial charge is 0.114 e. The molecule has 3 heteroatoms. The Morgan fingerprint density at radius 2 is 2.50 bits per heavy atom. The summed E-state index contributed by atoms with van der Waals surface area (Å²) in [5, 5.41) is 0. The number of hydrogen-bond donors (Lipinski definition) is 1. The van der Waals surface area contributed by atoms with E-state index in [-0.39, 0.29) is 12.4 Å². The van der Waals surface area contributed by atoms with Gasteiger partial charge in [0.25, 0.3) is 0 Å². The monoisotopic (exact) mass is 144 g/mol. The molecule has 1 aliphatic heterocycles. The van der Waals surface area contributed by atoms with Crippen molar-refractivity contribution in [1.29, 1.82) is 0 Å². The molecule has 58 valence electrons. The summed E-state index contributed by atoms with van der Waals surface area (Å²) in [6, 6.07) is 0. The van der Waals surface area contributed by atoms with Gasteiger partial charge >= 0.3 is 0 Å². The molecule has 0 radical (unpaired) electrons. The third kappa shape index (κ3) is 1.55. The SMILES string of the molecule is CN1CC/C(=C(\F)CN)C1. The summed E-state index contributed by atoms with van der Waals surface area (Å²) in [4.78, 5) is 2.09. The molecule has 10 heavy (non-hydrogen) atoms. The summed E-state index contributed by atoms with van der Waals surface area (Å²) in [6.45, 7) is 1.77. The van der Waals surface area contributed by atoms with Crippen molar-refractivity contribution in [2.75, 3.05) is 26.7 Å². The van der Waals surface area contributed by atoms with Crippen LogP contribution in [-0.4, -0.2) is 31.6 Å². The third-order valence-electron chi connectivity index (χ3n) is 1.82. The van der Waals surface area contributed by atoms with Crippen molar-refractivity contribution >= 4 is 0 Å². The van der Waals surface area contributed by atoms with Crippen LogP contribution in [0.2, 0.25) is 0 Å². The van der Waals surface area contributed by atoms with Crippen LogP contribution in [0.1, 0.15) is 6.42 Å². The van der Waals surface area contributed by atoms with Crippen molar-refractivity contribution in [2.24, 2.45) is 5.73 Å². The second-order valence-electron chi connectivity index (χ2n) is 2.70. The van der Waals surface area contributed by atoms with Gasteiger partial charge in [0.1, 0.15) is 5.83 Å². The first-order valence-corrected chi connectivity index (χ1v) is 3.49. The first-order chi connectivity index (χ1) is 4.74. The van der Waals surface area contributed by atoms with Crippen LogP contribution in [0.15, 0.2) is 11.4 Å². The number of hydrogen-bond acceptors (Lipinski definition) is 2. The van der Waals surface area contributed by atoms with Crippen LogP contribution in [-0.2, 0) is 0 Å². The third-order valence-corrected chi connectivity index (χ3v) is 1.82. The highest BCUT2D eigenvalue weighted by Crippen LogP contribution is 2.17. The summed E-state index contributed by atoms with van der Waals surface area (Å²) >= 11 is 0. The topological polar surface area (TPSA) is 29.3 Å². The molecule has 0 aromatic heterocycles. The zero-order valence-electron chi connectivity index (χ0n) is 6.23. The molecule has 2 nitrogen and oxygen atoms in total. The second-order valence-corrected chi connectivity index (χ2v) is 2.70. The van der Waals surface area contributed by atoms with E-state index in [2.05, 4.69) is 4.90 Å². The molecule has 1 saturated heterocycles. The fourth-order valence-electron chi connectivity index (χ4n) is 1.18. The maximum absolute atomic E-state index is 12.7. The van der Waals surface area contributed by atoms with E-state index in [0.717, 1.165) is 25.1 Å². The van der Waals surface area contributed by atoms with Gasteiger partial charge in [-0.25, -0.2) is 4.39 Å². The molecule has 0 amide bonds. The van der Waals surface area contributed by atoms with Crippen LogP contribution in [0.25, 0.3) is 0 Å². The fraction of sp³-hybridized carbons (Fsp3) is 0.714. The van der Waals surface area contributed by atoms with Gasteiger partial charge in [-0.1, -0.05) is 0 Å². The second kappa shape index (κ2) is 3.12. The Morgan fingerprint density at radius 1 is 1.80 bits per heavy atom. The van der Waals surface area contributed by atoms with E-state index in [1.54, 1.807) is 0 Å². The molecule has 0 aliphatic carbocycles. The van der Waals surface area contributed by atoms with Crippen molar-refractivity contribution in [2.45, 2.75) is 6.42 Å². The maximum Gasteiger partial charge on any atom is 0.114 e. The minimum atomic E-state index is -0.121. The zero-order chi connectivity index (χ0) is 7.56. The highest BCUT2D eigenvalue weighted by molar-refractivity contribution is 5.14. The van der Waals surface area contributed by atoms with Gasteiger partial charge < -0.3 is 10.6 Å². The molecule has 0 aromatic carbocycles. The van der Waals surface area contributed by atoms with Gasteiger partial charge in [-0.2, -0.15) is 0 Å². The van der Waals surface area contributed by atoms with E-state index in [1.807, 2.05) is 7.05 Å². The Labute approximate surface area is 60.5 Å². The lowest BCUT2D eigenvalue weighted by Gasteiger charge is -2.03. The predicted molar refractivity (Wildman–Crippen MR) is 39.3 cm³/mol. The molecule has 0 spiro atoms. The summed E-state index contributed by atoms with van der Waals surface area (Å²) in [5.74, 6) is -0.121. The van der Waals surface area contributed by atoms with Crippen LogP contribution in [0.5, 0.6) is 0 Å². The fourth-order valence-corrected chi connectivity index (χ4v) is 1.18. The lowest BCUT2D eigenvalue weighted by molar-refractivity contribution is 0.423. The highest BCUT2D eigenvalue weighted by atomic mass is 19.1. The van der Waals surface area contributed by atoms with E-state index in [1.165, 1.54) is 0 Å². The maximum atomic E-state index is 12.7. The summed E-state index contributed by atoms with van der Waals surface area (Å²) < 4.78 is 12.7. The molecule has 1 aliphatic rings. The molecule has 0 atom stereocenters. The number of rotatable bonds is 1.